The quantitative estimate of drug-likeness (QED) is 0.181. The van der Waals surface area contributed by atoms with Crippen LogP contribution in [0.15, 0.2) is 144 Å². The Hall–Kier alpha value is -6.13. The molecular formula is C44H29N3O. The highest BCUT2D eigenvalue weighted by molar-refractivity contribution is 6.15. The molecule has 4 nitrogen and oxygen atoms in total. The number of para-hydroxylation sites is 3. The van der Waals surface area contributed by atoms with Crippen molar-refractivity contribution in [3.05, 3.63) is 151 Å². The van der Waals surface area contributed by atoms with Gasteiger partial charge in [-0.05, 0) is 90.0 Å². The first-order chi connectivity index (χ1) is 23.6. The molecule has 0 bridgehead atoms. The van der Waals surface area contributed by atoms with Crippen LogP contribution in [0.3, 0.4) is 0 Å². The van der Waals surface area contributed by atoms with Crippen molar-refractivity contribution in [2.24, 2.45) is 0 Å². The summed E-state index contributed by atoms with van der Waals surface area (Å²) in [6.07, 6.45) is 0. The Kier molecular flexibility index (Phi) is 4.88. The first kappa shape index (κ1) is 26.0. The zero-order valence-electron chi connectivity index (χ0n) is 26.5. The number of benzene rings is 6. The van der Waals surface area contributed by atoms with Crippen LogP contribution in [0.4, 0.5) is 0 Å². The summed E-state index contributed by atoms with van der Waals surface area (Å²) in [5.41, 5.74) is 14.4. The first-order valence-electron chi connectivity index (χ1n) is 16.6. The van der Waals surface area contributed by atoms with Crippen molar-refractivity contribution in [2.45, 2.75) is 19.3 Å². The predicted molar refractivity (Wildman–Crippen MR) is 197 cm³/mol. The van der Waals surface area contributed by atoms with Crippen molar-refractivity contribution >= 4 is 60.4 Å². The van der Waals surface area contributed by atoms with E-state index in [0.29, 0.717) is 0 Å². The Balaban J connectivity index is 1.16. The molecule has 0 saturated carbocycles. The summed E-state index contributed by atoms with van der Waals surface area (Å²) in [4.78, 5) is 5.26. The Morgan fingerprint density at radius 3 is 2.08 bits per heavy atom. The van der Waals surface area contributed by atoms with Gasteiger partial charge >= 0.3 is 0 Å². The highest BCUT2D eigenvalue weighted by Gasteiger charge is 2.42. The fourth-order valence-electron chi connectivity index (χ4n) is 8.43. The Labute approximate surface area is 276 Å². The predicted octanol–water partition coefficient (Wildman–Crippen LogP) is 11.5. The van der Waals surface area contributed by atoms with Crippen molar-refractivity contribution in [3.63, 3.8) is 0 Å². The Morgan fingerprint density at radius 2 is 1.25 bits per heavy atom. The first-order valence-corrected chi connectivity index (χ1v) is 16.6. The van der Waals surface area contributed by atoms with E-state index in [9.17, 15) is 0 Å². The summed E-state index contributed by atoms with van der Waals surface area (Å²) in [6.45, 7) is 4.57. The molecule has 6 aromatic carbocycles. The van der Waals surface area contributed by atoms with Crippen LogP contribution >= 0.6 is 0 Å². The maximum Gasteiger partial charge on any atom is 0.161 e. The van der Waals surface area contributed by atoms with E-state index in [2.05, 4.69) is 162 Å². The summed E-state index contributed by atoms with van der Waals surface area (Å²) in [5.74, 6) is 1.03. The van der Waals surface area contributed by atoms with Gasteiger partial charge in [0.25, 0.3) is 0 Å². The van der Waals surface area contributed by atoms with Crippen molar-refractivity contribution < 1.29 is 4.42 Å². The molecule has 48 heavy (non-hydrogen) atoms. The number of nitrogens with zero attached hydrogens (tertiary/aromatic N) is 3. The topological polar surface area (TPSA) is 35.4 Å². The summed E-state index contributed by atoms with van der Waals surface area (Å²) in [6, 6.07) is 50.1. The van der Waals surface area contributed by atoms with Gasteiger partial charge < -0.3 is 8.98 Å². The zero-order valence-corrected chi connectivity index (χ0v) is 26.5. The smallest absolute Gasteiger partial charge is 0.161 e. The minimum absolute atomic E-state index is 0.265. The molecule has 0 amide bonds. The van der Waals surface area contributed by atoms with E-state index < -0.39 is 0 Å². The van der Waals surface area contributed by atoms with Gasteiger partial charge in [0.05, 0.1) is 22.1 Å². The molecule has 0 aliphatic heterocycles. The molecule has 226 valence electrons. The normalized spacial score (nSPS) is 13.8. The molecule has 0 fully saturated rings. The second kappa shape index (κ2) is 9.02. The van der Waals surface area contributed by atoms with Gasteiger partial charge in [-0.2, -0.15) is 0 Å². The van der Waals surface area contributed by atoms with Crippen LogP contribution in [0.2, 0.25) is 0 Å². The summed E-state index contributed by atoms with van der Waals surface area (Å²) in [7, 11) is 0. The molecule has 4 heterocycles. The largest absolute Gasteiger partial charge is 0.457 e. The Bertz CT molecular complexity index is 2970. The number of fused-ring (bicyclic) bond motifs is 15. The van der Waals surface area contributed by atoms with Gasteiger partial charge in [-0.3, -0.25) is 4.40 Å². The van der Waals surface area contributed by atoms with E-state index in [-0.39, 0.29) is 5.41 Å². The number of rotatable bonds is 2. The summed E-state index contributed by atoms with van der Waals surface area (Å²) in [5, 5.41) is 4.77. The molecule has 0 atom stereocenters. The summed E-state index contributed by atoms with van der Waals surface area (Å²) < 4.78 is 11.6. The van der Waals surface area contributed by atoms with Crippen molar-refractivity contribution in [2.75, 3.05) is 0 Å². The van der Waals surface area contributed by atoms with Crippen molar-refractivity contribution in [3.8, 4) is 27.9 Å². The number of hydrogen-bond acceptors (Lipinski definition) is 2. The monoisotopic (exact) mass is 615 g/mol. The molecular weight excluding hydrogens is 587 g/mol. The second-order valence-electron chi connectivity index (χ2n) is 13.6. The molecule has 10 aromatic rings. The fourth-order valence-corrected chi connectivity index (χ4v) is 8.43. The van der Waals surface area contributed by atoms with Gasteiger partial charge in [0.15, 0.2) is 5.58 Å². The van der Waals surface area contributed by atoms with E-state index in [1.54, 1.807) is 0 Å². The van der Waals surface area contributed by atoms with Gasteiger partial charge in [-0.1, -0.05) is 91.0 Å². The third-order valence-corrected chi connectivity index (χ3v) is 10.6. The molecule has 4 heteroatoms. The van der Waals surface area contributed by atoms with Crippen LogP contribution in [0, 0.1) is 0 Å². The highest BCUT2D eigenvalue weighted by Crippen LogP contribution is 2.55. The van der Waals surface area contributed by atoms with Crippen LogP contribution in [0.1, 0.15) is 25.2 Å². The van der Waals surface area contributed by atoms with E-state index in [1.807, 2.05) is 0 Å². The lowest BCUT2D eigenvalue weighted by atomic mass is 9.85. The molecule has 0 spiro atoms. The number of furan rings is 1. The van der Waals surface area contributed by atoms with Crippen molar-refractivity contribution in [1.29, 1.82) is 0 Å². The molecule has 0 saturated heterocycles. The molecule has 1 aliphatic rings. The minimum atomic E-state index is -0.265. The third-order valence-electron chi connectivity index (χ3n) is 10.6. The maximum atomic E-state index is 6.90. The third kappa shape index (κ3) is 3.22. The van der Waals surface area contributed by atoms with Crippen LogP contribution in [0.5, 0.6) is 0 Å². The van der Waals surface area contributed by atoms with Crippen LogP contribution in [-0.4, -0.2) is 14.0 Å². The van der Waals surface area contributed by atoms with Gasteiger partial charge in [0, 0.05) is 32.8 Å². The number of aromatic nitrogens is 3. The second-order valence-corrected chi connectivity index (χ2v) is 13.6. The van der Waals surface area contributed by atoms with Crippen LogP contribution in [0.25, 0.3) is 88.3 Å². The van der Waals surface area contributed by atoms with Gasteiger partial charge in [-0.15, -0.1) is 0 Å². The number of pyridine rings is 1. The average molecular weight is 616 g/mol. The molecule has 0 N–H and O–H groups in total. The molecule has 0 radical (unpaired) electrons. The van der Waals surface area contributed by atoms with Crippen LogP contribution < -0.4 is 0 Å². The number of imidazole rings is 1. The average Bonchev–Trinajstić information content (AvgIpc) is 3.85. The molecule has 0 unspecified atom stereocenters. The SMILES string of the molecule is CC1(C)c2ccc(-c3ccc4c(c3)nc3c5ccccc5c5ccccc5n43)cc2-c2c1oc1c3ccccc3n(-c3ccccc3)c21. The van der Waals surface area contributed by atoms with E-state index in [0.717, 1.165) is 55.7 Å². The van der Waals surface area contributed by atoms with Gasteiger partial charge in [0.2, 0.25) is 0 Å². The van der Waals surface area contributed by atoms with E-state index >= 15 is 0 Å². The minimum Gasteiger partial charge on any atom is -0.457 e. The van der Waals surface area contributed by atoms with E-state index in [4.69, 9.17) is 9.40 Å². The van der Waals surface area contributed by atoms with Gasteiger partial charge in [0.1, 0.15) is 16.9 Å². The van der Waals surface area contributed by atoms with E-state index in [1.165, 1.54) is 43.9 Å². The fraction of sp³-hybridized carbons (Fsp3) is 0.0682. The number of hydrogen-bond donors (Lipinski definition) is 0. The molecule has 11 rings (SSSR count). The van der Waals surface area contributed by atoms with Gasteiger partial charge in [-0.25, -0.2) is 4.98 Å². The lowest BCUT2D eigenvalue weighted by Crippen LogP contribution is -2.14. The lowest BCUT2D eigenvalue weighted by Gasteiger charge is -2.19. The molecule has 1 aliphatic carbocycles. The standard InChI is InChI=1S/C44H29N3O/c1-44(2)34-22-20-26(24-33(34)39-40-41(48-42(39)44)32-17-9-11-19-37(32)46(40)28-12-4-3-5-13-28)27-21-23-38-35(25-27)45-43-31-16-7-6-14-29(31)30-15-8-10-18-36(30)47(38)43/h3-25H,1-2H3. The zero-order chi connectivity index (χ0) is 31.7. The lowest BCUT2D eigenvalue weighted by molar-refractivity contribution is 0.466. The highest BCUT2D eigenvalue weighted by atomic mass is 16.3. The Morgan fingerprint density at radius 1 is 0.583 bits per heavy atom. The molecule has 4 aromatic heterocycles. The van der Waals surface area contributed by atoms with Crippen LogP contribution in [-0.2, 0) is 5.41 Å². The summed E-state index contributed by atoms with van der Waals surface area (Å²) >= 11 is 0. The van der Waals surface area contributed by atoms with Crippen molar-refractivity contribution in [1.82, 2.24) is 14.0 Å². The maximum absolute atomic E-state index is 6.90.